The Morgan fingerprint density at radius 2 is 2.28 bits per heavy atom. The van der Waals surface area contributed by atoms with Crippen LogP contribution in [0.15, 0.2) is 35.5 Å². The zero-order valence-electron chi connectivity index (χ0n) is 9.85. The molecule has 0 bridgehead atoms. The lowest BCUT2D eigenvalue weighted by Gasteiger charge is -2.09. The van der Waals surface area contributed by atoms with Gasteiger partial charge in [-0.1, -0.05) is 23.4 Å². The van der Waals surface area contributed by atoms with Crippen LogP contribution >= 0.6 is 23.4 Å². The number of halogens is 1. The van der Waals surface area contributed by atoms with Crippen LogP contribution in [0.5, 0.6) is 0 Å². The number of pyridine rings is 1. The maximum absolute atomic E-state index is 6.17. The minimum Gasteiger partial charge on any atom is -0.333 e. The first-order valence-corrected chi connectivity index (χ1v) is 7.11. The fraction of sp³-hybridized carbons (Fsp3) is 0.231. The van der Waals surface area contributed by atoms with Crippen LogP contribution in [0.1, 0.15) is 6.92 Å². The quantitative estimate of drug-likeness (QED) is 0.862. The van der Waals surface area contributed by atoms with E-state index in [1.54, 1.807) is 18.0 Å². The summed E-state index contributed by atoms with van der Waals surface area (Å²) >= 11 is 7.90. The van der Waals surface area contributed by atoms with Crippen LogP contribution in [0, 0.1) is 0 Å². The van der Waals surface area contributed by atoms with E-state index in [9.17, 15) is 0 Å². The number of hydrogen-bond donors (Lipinski definition) is 1. The molecule has 0 spiro atoms. The number of aromatic nitrogens is 1. The maximum atomic E-state index is 6.17. The first-order valence-electron chi connectivity index (χ1n) is 5.75. The highest BCUT2D eigenvalue weighted by atomic mass is 35.5. The molecule has 1 aliphatic heterocycles. The van der Waals surface area contributed by atoms with Crippen molar-refractivity contribution in [1.82, 2.24) is 4.98 Å². The third kappa shape index (κ3) is 2.18. The van der Waals surface area contributed by atoms with Gasteiger partial charge in [-0.15, -0.1) is 0 Å². The van der Waals surface area contributed by atoms with Gasteiger partial charge in [-0.05, 0) is 31.2 Å². The Balaban J connectivity index is 2.02. The second-order valence-electron chi connectivity index (χ2n) is 4.21. The van der Waals surface area contributed by atoms with Crippen molar-refractivity contribution in [3.05, 3.63) is 35.5 Å². The Morgan fingerprint density at radius 3 is 3.06 bits per heavy atom. The molecule has 0 saturated heterocycles. The van der Waals surface area contributed by atoms with Crippen LogP contribution < -0.4 is 5.32 Å². The van der Waals surface area contributed by atoms with Gasteiger partial charge in [-0.2, -0.15) is 0 Å². The molecule has 18 heavy (non-hydrogen) atoms. The summed E-state index contributed by atoms with van der Waals surface area (Å²) in [6.07, 6.45) is 1.77. The number of fused-ring (bicyclic) bond motifs is 1. The minimum absolute atomic E-state index is 0.379. The molecule has 1 N–H and O–H groups in total. The summed E-state index contributed by atoms with van der Waals surface area (Å²) in [4.78, 5) is 8.91. The van der Waals surface area contributed by atoms with Crippen molar-refractivity contribution in [3.63, 3.8) is 0 Å². The first-order chi connectivity index (χ1) is 8.74. The topological polar surface area (TPSA) is 37.3 Å². The number of nitrogens with zero attached hydrogens (tertiary/aromatic N) is 2. The number of amidine groups is 1. The van der Waals surface area contributed by atoms with Crippen molar-refractivity contribution in [2.45, 2.75) is 13.0 Å². The van der Waals surface area contributed by atoms with E-state index in [-0.39, 0.29) is 0 Å². The normalized spacial score (nSPS) is 19.0. The van der Waals surface area contributed by atoms with Crippen LogP contribution in [0.2, 0.25) is 5.02 Å². The SMILES string of the molecule is CC1CSC(Nc2ccc(Cl)c3cccnc23)=N1. The number of thioether (sulfide) groups is 1. The highest BCUT2D eigenvalue weighted by Crippen LogP contribution is 2.29. The van der Waals surface area contributed by atoms with Gasteiger partial charge >= 0.3 is 0 Å². The summed E-state index contributed by atoms with van der Waals surface area (Å²) in [5, 5.41) is 5.97. The molecule has 2 aromatic rings. The maximum Gasteiger partial charge on any atom is 0.161 e. The number of rotatable bonds is 1. The molecule has 3 rings (SSSR count). The third-order valence-electron chi connectivity index (χ3n) is 2.76. The molecule has 0 amide bonds. The Labute approximate surface area is 115 Å². The Kier molecular flexibility index (Phi) is 3.14. The molecule has 1 unspecified atom stereocenters. The molecule has 1 aromatic carbocycles. The van der Waals surface area contributed by atoms with Gasteiger partial charge in [0.1, 0.15) is 0 Å². The van der Waals surface area contributed by atoms with Crippen molar-refractivity contribution >= 4 is 45.1 Å². The van der Waals surface area contributed by atoms with E-state index in [0.717, 1.165) is 32.5 Å². The standard InChI is InChI=1S/C13H12ClN3S/c1-8-7-18-13(16-8)17-11-5-4-10(14)9-3-2-6-15-12(9)11/h2-6,8H,7H2,1H3,(H,16,17). The highest BCUT2D eigenvalue weighted by Gasteiger charge is 2.15. The molecule has 1 aromatic heterocycles. The molecular formula is C13H12ClN3S. The molecule has 0 radical (unpaired) electrons. The van der Waals surface area contributed by atoms with Crippen LogP contribution in [0.25, 0.3) is 10.9 Å². The van der Waals surface area contributed by atoms with E-state index in [0.29, 0.717) is 6.04 Å². The molecule has 0 fully saturated rings. The molecule has 92 valence electrons. The van der Waals surface area contributed by atoms with Crippen molar-refractivity contribution < 1.29 is 0 Å². The Hall–Kier alpha value is -1.26. The van der Waals surface area contributed by atoms with E-state index < -0.39 is 0 Å². The van der Waals surface area contributed by atoms with E-state index in [4.69, 9.17) is 11.6 Å². The number of aliphatic imine (C=N–C) groups is 1. The molecule has 0 aliphatic carbocycles. The predicted molar refractivity (Wildman–Crippen MR) is 79.7 cm³/mol. The van der Waals surface area contributed by atoms with Gasteiger partial charge in [0, 0.05) is 17.3 Å². The summed E-state index contributed by atoms with van der Waals surface area (Å²) in [7, 11) is 0. The summed E-state index contributed by atoms with van der Waals surface area (Å²) in [5.74, 6) is 1.03. The lowest BCUT2D eigenvalue weighted by molar-refractivity contribution is 0.865. The number of hydrogen-bond acceptors (Lipinski definition) is 4. The van der Waals surface area contributed by atoms with Gasteiger partial charge in [0.05, 0.1) is 22.3 Å². The van der Waals surface area contributed by atoms with Gasteiger partial charge in [-0.25, -0.2) is 0 Å². The largest absolute Gasteiger partial charge is 0.333 e. The molecule has 5 heteroatoms. The molecule has 3 nitrogen and oxygen atoms in total. The Morgan fingerprint density at radius 1 is 1.39 bits per heavy atom. The van der Waals surface area contributed by atoms with Gasteiger partial charge in [0.15, 0.2) is 5.17 Å². The van der Waals surface area contributed by atoms with Crippen LogP contribution in [-0.4, -0.2) is 21.9 Å². The second-order valence-corrected chi connectivity index (χ2v) is 5.63. The third-order valence-corrected chi connectivity index (χ3v) is 4.22. The van der Waals surface area contributed by atoms with Gasteiger partial charge in [0.2, 0.25) is 0 Å². The summed E-state index contributed by atoms with van der Waals surface area (Å²) in [6, 6.07) is 8.08. The summed E-state index contributed by atoms with van der Waals surface area (Å²) < 4.78 is 0. The fourth-order valence-corrected chi connectivity index (χ4v) is 3.02. The van der Waals surface area contributed by atoms with Gasteiger partial charge < -0.3 is 5.32 Å². The molecule has 1 atom stereocenters. The van der Waals surface area contributed by atoms with Gasteiger partial charge in [-0.3, -0.25) is 9.98 Å². The lowest BCUT2D eigenvalue weighted by Crippen LogP contribution is -2.06. The number of benzene rings is 1. The lowest BCUT2D eigenvalue weighted by atomic mass is 10.2. The molecular weight excluding hydrogens is 266 g/mol. The average Bonchev–Trinajstić information content (AvgIpc) is 2.79. The van der Waals surface area contributed by atoms with E-state index in [1.807, 2.05) is 24.3 Å². The predicted octanol–water partition coefficient (Wildman–Crippen LogP) is 3.79. The minimum atomic E-state index is 0.379. The van der Waals surface area contributed by atoms with Crippen molar-refractivity contribution in [3.8, 4) is 0 Å². The molecule has 0 saturated carbocycles. The van der Waals surface area contributed by atoms with E-state index in [2.05, 4.69) is 22.2 Å². The zero-order valence-corrected chi connectivity index (χ0v) is 11.4. The molecule has 1 aliphatic rings. The van der Waals surface area contributed by atoms with Crippen molar-refractivity contribution in [2.24, 2.45) is 4.99 Å². The summed E-state index contributed by atoms with van der Waals surface area (Å²) in [5.41, 5.74) is 1.84. The first kappa shape index (κ1) is 11.8. The van der Waals surface area contributed by atoms with Crippen LogP contribution in [0.4, 0.5) is 5.69 Å². The van der Waals surface area contributed by atoms with Gasteiger partial charge in [0.25, 0.3) is 0 Å². The monoisotopic (exact) mass is 277 g/mol. The smallest absolute Gasteiger partial charge is 0.161 e. The van der Waals surface area contributed by atoms with Crippen molar-refractivity contribution in [2.75, 3.05) is 11.1 Å². The summed E-state index contributed by atoms with van der Waals surface area (Å²) in [6.45, 7) is 2.11. The van der Waals surface area contributed by atoms with E-state index >= 15 is 0 Å². The van der Waals surface area contributed by atoms with E-state index in [1.165, 1.54) is 0 Å². The Bertz CT molecular complexity index is 627. The molecule has 2 heterocycles. The fourth-order valence-electron chi connectivity index (χ4n) is 1.90. The number of nitrogens with one attached hydrogen (secondary N) is 1. The van der Waals surface area contributed by atoms with Crippen molar-refractivity contribution in [1.29, 1.82) is 0 Å². The zero-order chi connectivity index (χ0) is 12.5. The number of anilines is 1. The van der Waals surface area contributed by atoms with Crippen LogP contribution in [0.3, 0.4) is 0 Å². The highest BCUT2D eigenvalue weighted by molar-refractivity contribution is 8.14. The van der Waals surface area contributed by atoms with Crippen LogP contribution in [-0.2, 0) is 0 Å². The average molecular weight is 278 g/mol. The second kappa shape index (κ2) is 4.78.